The minimum atomic E-state index is -0.708. The summed E-state index contributed by atoms with van der Waals surface area (Å²) in [5.41, 5.74) is 1.67. The van der Waals surface area contributed by atoms with E-state index in [0.29, 0.717) is 61.1 Å². The van der Waals surface area contributed by atoms with E-state index in [1.165, 1.54) is 4.90 Å². The Hall–Kier alpha value is -4.05. The number of hydrogen-bond donors (Lipinski definition) is 2. The van der Waals surface area contributed by atoms with Crippen LogP contribution in [0.3, 0.4) is 0 Å². The summed E-state index contributed by atoms with van der Waals surface area (Å²) in [7, 11) is 1.65. The fourth-order valence-corrected chi connectivity index (χ4v) is 4.69. The number of urea groups is 2. The van der Waals surface area contributed by atoms with Gasteiger partial charge in [-0.05, 0) is 50.6 Å². The van der Waals surface area contributed by atoms with Crippen molar-refractivity contribution in [1.82, 2.24) is 25.3 Å². The summed E-state index contributed by atoms with van der Waals surface area (Å²) in [5, 5.41) is 5.89. The van der Waals surface area contributed by atoms with Crippen LogP contribution in [0.2, 0.25) is 0 Å². The van der Waals surface area contributed by atoms with E-state index in [2.05, 4.69) is 15.5 Å². The van der Waals surface area contributed by atoms with Crippen LogP contribution in [0.1, 0.15) is 32.4 Å². The van der Waals surface area contributed by atoms with Crippen LogP contribution in [0.25, 0.3) is 0 Å². The first-order valence-electron chi connectivity index (χ1n) is 13.3. The normalized spacial score (nSPS) is 18.2. The van der Waals surface area contributed by atoms with Gasteiger partial charge in [-0.15, -0.1) is 0 Å². The molecule has 1 unspecified atom stereocenters. The van der Waals surface area contributed by atoms with Crippen molar-refractivity contribution in [3.63, 3.8) is 0 Å². The number of likely N-dealkylation sites (N-methyl/N-ethyl adjacent to an activating group) is 1. The van der Waals surface area contributed by atoms with Crippen LogP contribution in [-0.4, -0.2) is 85.2 Å². The zero-order chi connectivity index (χ0) is 27.9. The molecule has 0 aliphatic carbocycles. The Morgan fingerprint density at radius 3 is 2.38 bits per heavy atom. The highest BCUT2D eigenvalue weighted by Gasteiger charge is 2.38. The summed E-state index contributed by atoms with van der Waals surface area (Å²) in [6.45, 7) is 8.54. The predicted molar refractivity (Wildman–Crippen MR) is 147 cm³/mol. The van der Waals surface area contributed by atoms with Crippen LogP contribution in [0.15, 0.2) is 65.9 Å². The lowest BCUT2D eigenvalue weighted by molar-refractivity contribution is -0.139. The maximum Gasteiger partial charge on any atom is 0.338 e. The van der Waals surface area contributed by atoms with Gasteiger partial charge in [0.2, 0.25) is 0 Å². The molecule has 4 rings (SSSR count). The van der Waals surface area contributed by atoms with Gasteiger partial charge in [-0.1, -0.05) is 30.3 Å². The number of nitrogens with zero attached hydrogens (tertiary/aromatic N) is 3. The smallest absolute Gasteiger partial charge is 0.338 e. The van der Waals surface area contributed by atoms with Crippen molar-refractivity contribution in [3.8, 4) is 11.5 Å². The Balaban J connectivity index is 1.60. The van der Waals surface area contributed by atoms with Crippen molar-refractivity contribution in [2.75, 3.05) is 46.4 Å². The number of nitrogens with one attached hydrogen (secondary N) is 2. The Labute approximate surface area is 229 Å². The molecular weight excluding hydrogens is 498 g/mol. The van der Waals surface area contributed by atoms with E-state index in [1.807, 2.05) is 68.4 Å². The summed E-state index contributed by atoms with van der Waals surface area (Å²) >= 11 is 0. The van der Waals surface area contributed by atoms with E-state index in [0.717, 1.165) is 0 Å². The van der Waals surface area contributed by atoms with Crippen molar-refractivity contribution in [3.05, 3.63) is 71.4 Å². The zero-order valence-electron chi connectivity index (χ0n) is 23.0. The fourth-order valence-electron chi connectivity index (χ4n) is 4.69. The molecule has 2 heterocycles. The van der Waals surface area contributed by atoms with Crippen molar-refractivity contribution in [2.45, 2.75) is 32.9 Å². The molecule has 2 aromatic rings. The lowest BCUT2D eigenvalue weighted by Gasteiger charge is -2.39. The standard InChI is InChI=1S/C29H37N5O5/c1-5-38-27(35)25-24(19-33-14-16-34(17-15-33)29(37)30-20(2)3)32(4)28(36)31-26(25)21-10-9-13-23(18-21)39-22-11-7-6-8-12-22/h6-13,18,20,26H,5,14-17,19H2,1-4H3,(H,30,37)(H,31,36). The van der Waals surface area contributed by atoms with Crippen LogP contribution >= 0.6 is 0 Å². The predicted octanol–water partition coefficient (Wildman–Crippen LogP) is 3.73. The van der Waals surface area contributed by atoms with Gasteiger partial charge in [0.1, 0.15) is 11.5 Å². The first-order chi connectivity index (χ1) is 18.8. The number of amides is 4. The molecule has 0 radical (unpaired) electrons. The molecule has 0 saturated carbocycles. The highest BCUT2D eigenvalue weighted by atomic mass is 16.5. The molecule has 10 nitrogen and oxygen atoms in total. The SMILES string of the molecule is CCOC(=O)C1=C(CN2CCN(C(=O)NC(C)C)CC2)N(C)C(=O)NC1c1cccc(Oc2ccccc2)c1. The molecule has 10 heteroatoms. The monoisotopic (exact) mass is 535 g/mol. The average molecular weight is 536 g/mol. The number of ether oxygens (including phenoxy) is 2. The molecule has 1 atom stereocenters. The van der Waals surface area contributed by atoms with Crippen LogP contribution < -0.4 is 15.4 Å². The van der Waals surface area contributed by atoms with Gasteiger partial charge in [0.15, 0.2) is 0 Å². The number of esters is 1. The zero-order valence-corrected chi connectivity index (χ0v) is 23.0. The average Bonchev–Trinajstić information content (AvgIpc) is 2.92. The van der Waals surface area contributed by atoms with Crippen molar-refractivity contribution in [1.29, 1.82) is 0 Å². The molecule has 1 fully saturated rings. The van der Waals surface area contributed by atoms with Crippen LogP contribution in [0.4, 0.5) is 9.59 Å². The molecule has 2 aromatic carbocycles. The van der Waals surface area contributed by atoms with Crippen molar-refractivity contribution in [2.24, 2.45) is 0 Å². The van der Waals surface area contributed by atoms with E-state index in [-0.39, 0.29) is 24.7 Å². The van der Waals surface area contributed by atoms with Gasteiger partial charge in [0, 0.05) is 51.5 Å². The topological polar surface area (TPSA) is 103 Å². The second kappa shape index (κ2) is 12.7. The second-order valence-corrected chi connectivity index (χ2v) is 9.88. The third-order valence-corrected chi connectivity index (χ3v) is 6.69. The molecule has 0 spiro atoms. The summed E-state index contributed by atoms with van der Waals surface area (Å²) in [5.74, 6) is 0.797. The van der Waals surface area contributed by atoms with E-state index in [1.54, 1.807) is 18.9 Å². The Morgan fingerprint density at radius 2 is 1.72 bits per heavy atom. The number of piperazine rings is 1. The van der Waals surface area contributed by atoms with Crippen LogP contribution in [0, 0.1) is 0 Å². The number of rotatable bonds is 8. The number of para-hydroxylation sites is 1. The second-order valence-electron chi connectivity index (χ2n) is 9.88. The molecule has 0 aromatic heterocycles. The third kappa shape index (κ3) is 6.88. The first-order valence-corrected chi connectivity index (χ1v) is 13.3. The number of carbonyl (C=O) groups excluding carboxylic acids is 3. The minimum Gasteiger partial charge on any atom is -0.463 e. The van der Waals surface area contributed by atoms with Gasteiger partial charge in [0.05, 0.1) is 18.2 Å². The largest absolute Gasteiger partial charge is 0.463 e. The lowest BCUT2D eigenvalue weighted by atomic mass is 9.94. The van der Waals surface area contributed by atoms with Gasteiger partial charge in [0.25, 0.3) is 0 Å². The van der Waals surface area contributed by atoms with Gasteiger partial charge in [-0.2, -0.15) is 0 Å². The highest BCUT2D eigenvalue weighted by molar-refractivity contribution is 5.95. The number of carbonyl (C=O) groups is 3. The maximum atomic E-state index is 13.3. The fraction of sp³-hybridized carbons (Fsp3) is 0.414. The molecule has 2 aliphatic heterocycles. The van der Waals surface area contributed by atoms with Gasteiger partial charge in [-0.25, -0.2) is 14.4 Å². The molecule has 2 N–H and O–H groups in total. The maximum absolute atomic E-state index is 13.3. The third-order valence-electron chi connectivity index (χ3n) is 6.69. The van der Waals surface area contributed by atoms with Gasteiger partial charge >= 0.3 is 18.0 Å². The highest BCUT2D eigenvalue weighted by Crippen LogP contribution is 2.34. The van der Waals surface area contributed by atoms with Gasteiger partial charge < -0.3 is 25.0 Å². The molecular formula is C29H37N5O5. The summed E-state index contributed by atoms with van der Waals surface area (Å²) in [6, 6.07) is 15.7. The first kappa shape index (κ1) is 28.0. The van der Waals surface area contributed by atoms with Gasteiger partial charge in [-0.3, -0.25) is 9.80 Å². The van der Waals surface area contributed by atoms with Crippen molar-refractivity contribution >= 4 is 18.0 Å². The van der Waals surface area contributed by atoms with E-state index in [4.69, 9.17) is 9.47 Å². The summed E-state index contributed by atoms with van der Waals surface area (Å²) < 4.78 is 11.5. The number of hydrogen-bond acceptors (Lipinski definition) is 6. The van der Waals surface area contributed by atoms with Crippen LogP contribution in [0.5, 0.6) is 11.5 Å². The molecule has 208 valence electrons. The Morgan fingerprint density at radius 1 is 1.03 bits per heavy atom. The molecule has 1 saturated heterocycles. The molecule has 39 heavy (non-hydrogen) atoms. The minimum absolute atomic E-state index is 0.0655. The Bertz CT molecular complexity index is 1210. The molecule has 4 amide bonds. The lowest BCUT2D eigenvalue weighted by Crippen LogP contribution is -2.55. The molecule has 2 aliphatic rings. The van der Waals surface area contributed by atoms with E-state index < -0.39 is 12.0 Å². The number of benzene rings is 2. The van der Waals surface area contributed by atoms with Crippen molar-refractivity contribution < 1.29 is 23.9 Å². The summed E-state index contributed by atoms with van der Waals surface area (Å²) in [4.78, 5) is 44.3. The van der Waals surface area contributed by atoms with E-state index >= 15 is 0 Å². The summed E-state index contributed by atoms with van der Waals surface area (Å²) in [6.07, 6.45) is 0. The van der Waals surface area contributed by atoms with Crippen LogP contribution in [-0.2, 0) is 9.53 Å². The Kier molecular flexibility index (Phi) is 9.08. The quantitative estimate of drug-likeness (QED) is 0.500. The van der Waals surface area contributed by atoms with E-state index in [9.17, 15) is 14.4 Å². The molecule has 0 bridgehead atoms.